The average Bonchev–Trinajstić information content (AvgIpc) is 2.93. The van der Waals surface area contributed by atoms with Crippen LogP contribution in [-0.2, 0) is 4.79 Å². The SMILES string of the molecule is O=C(NC1CCCCC1)N[C@H]1CCN2C(=O)N(C3CCCCC3)C(=O)[C@@H]2C1. The number of nitrogens with zero attached hydrogens (tertiary/aromatic N) is 2. The molecular weight excluding hydrogens is 344 g/mol. The molecule has 2 aliphatic heterocycles. The summed E-state index contributed by atoms with van der Waals surface area (Å²) in [6.45, 7) is 0.548. The van der Waals surface area contributed by atoms with Gasteiger partial charge in [0, 0.05) is 24.7 Å². The Kier molecular flexibility index (Phi) is 5.55. The fourth-order valence-corrected chi connectivity index (χ4v) is 5.29. The van der Waals surface area contributed by atoms with Crippen LogP contribution in [0.3, 0.4) is 0 Å². The molecule has 0 radical (unpaired) electrons. The molecular formula is C20H32N4O3. The van der Waals surface area contributed by atoms with E-state index >= 15 is 0 Å². The van der Waals surface area contributed by atoms with Gasteiger partial charge < -0.3 is 15.5 Å². The molecule has 2 atom stereocenters. The van der Waals surface area contributed by atoms with Crippen molar-refractivity contribution in [3.05, 3.63) is 0 Å². The highest BCUT2D eigenvalue weighted by molar-refractivity contribution is 6.04. The molecule has 2 N–H and O–H groups in total. The molecule has 4 aliphatic rings. The molecule has 0 aromatic rings. The average molecular weight is 377 g/mol. The highest BCUT2D eigenvalue weighted by Gasteiger charge is 2.50. The molecule has 0 aromatic heterocycles. The first-order valence-electron chi connectivity index (χ1n) is 10.8. The van der Waals surface area contributed by atoms with Crippen LogP contribution in [0.1, 0.15) is 77.0 Å². The minimum Gasteiger partial charge on any atom is -0.335 e. The third-order valence-electron chi connectivity index (χ3n) is 6.79. The molecule has 2 saturated carbocycles. The van der Waals surface area contributed by atoms with Crippen LogP contribution in [0.5, 0.6) is 0 Å². The largest absolute Gasteiger partial charge is 0.335 e. The maximum absolute atomic E-state index is 12.9. The highest BCUT2D eigenvalue weighted by Crippen LogP contribution is 2.32. The van der Waals surface area contributed by atoms with Crippen molar-refractivity contribution in [3.63, 3.8) is 0 Å². The van der Waals surface area contributed by atoms with E-state index in [1.54, 1.807) is 4.90 Å². The lowest BCUT2D eigenvalue weighted by Crippen LogP contribution is -2.53. The van der Waals surface area contributed by atoms with Crippen LogP contribution in [0, 0.1) is 0 Å². The van der Waals surface area contributed by atoms with Gasteiger partial charge in [0.1, 0.15) is 6.04 Å². The lowest BCUT2D eigenvalue weighted by atomic mass is 9.93. The third-order valence-corrected chi connectivity index (χ3v) is 6.79. The van der Waals surface area contributed by atoms with Gasteiger partial charge in [-0.3, -0.25) is 9.69 Å². The molecule has 150 valence electrons. The smallest absolute Gasteiger partial charge is 0.327 e. The standard InChI is InChI=1S/C20H32N4O3/c25-18-17-13-15(22-19(26)21-14-7-3-1-4-8-14)11-12-23(17)20(27)24(18)16-9-5-2-6-10-16/h14-17H,1-13H2,(H2,21,22,26)/t15-,17-/m0/s1. The minimum absolute atomic E-state index is 0.0436. The van der Waals surface area contributed by atoms with Crippen molar-refractivity contribution in [2.75, 3.05) is 6.54 Å². The Bertz CT molecular complexity index is 584. The van der Waals surface area contributed by atoms with Gasteiger partial charge in [-0.05, 0) is 38.5 Å². The minimum atomic E-state index is -0.395. The fourth-order valence-electron chi connectivity index (χ4n) is 5.29. The first-order valence-corrected chi connectivity index (χ1v) is 10.8. The van der Waals surface area contributed by atoms with Crippen LogP contribution in [0.15, 0.2) is 0 Å². The number of carbonyl (C=O) groups is 3. The molecule has 0 spiro atoms. The quantitative estimate of drug-likeness (QED) is 0.743. The number of hydrogen-bond donors (Lipinski definition) is 2. The van der Waals surface area contributed by atoms with Gasteiger partial charge in [0.15, 0.2) is 0 Å². The van der Waals surface area contributed by atoms with Gasteiger partial charge in [-0.15, -0.1) is 0 Å². The second kappa shape index (κ2) is 8.07. The van der Waals surface area contributed by atoms with E-state index in [4.69, 9.17) is 0 Å². The van der Waals surface area contributed by atoms with Crippen molar-refractivity contribution in [3.8, 4) is 0 Å². The number of rotatable bonds is 3. The molecule has 7 heteroatoms. The van der Waals surface area contributed by atoms with Crippen LogP contribution in [0.4, 0.5) is 9.59 Å². The molecule has 0 aromatic carbocycles. The van der Waals surface area contributed by atoms with Crippen LogP contribution in [0.25, 0.3) is 0 Å². The fraction of sp³-hybridized carbons (Fsp3) is 0.850. The molecule has 5 amide bonds. The second-order valence-electron chi connectivity index (χ2n) is 8.67. The van der Waals surface area contributed by atoms with Gasteiger partial charge >= 0.3 is 12.1 Å². The van der Waals surface area contributed by atoms with Gasteiger partial charge in [-0.2, -0.15) is 0 Å². The molecule has 4 fully saturated rings. The Morgan fingerprint density at radius 2 is 1.44 bits per heavy atom. The zero-order valence-electron chi connectivity index (χ0n) is 16.1. The summed E-state index contributed by atoms with van der Waals surface area (Å²) >= 11 is 0. The van der Waals surface area contributed by atoms with Crippen molar-refractivity contribution in [2.45, 2.75) is 101 Å². The first kappa shape index (κ1) is 18.6. The van der Waals surface area contributed by atoms with Gasteiger partial charge in [0.2, 0.25) is 0 Å². The van der Waals surface area contributed by atoms with Crippen LogP contribution in [-0.4, -0.2) is 58.5 Å². The lowest BCUT2D eigenvalue weighted by Gasteiger charge is -2.33. The maximum Gasteiger partial charge on any atom is 0.327 e. The topological polar surface area (TPSA) is 81.8 Å². The highest BCUT2D eigenvalue weighted by atomic mass is 16.2. The van der Waals surface area contributed by atoms with E-state index in [0.29, 0.717) is 19.4 Å². The van der Waals surface area contributed by atoms with E-state index in [1.165, 1.54) is 30.6 Å². The van der Waals surface area contributed by atoms with Crippen LogP contribution < -0.4 is 10.6 Å². The Morgan fingerprint density at radius 1 is 0.815 bits per heavy atom. The number of urea groups is 2. The van der Waals surface area contributed by atoms with Gasteiger partial charge in [0.05, 0.1) is 0 Å². The van der Waals surface area contributed by atoms with Gasteiger partial charge in [-0.1, -0.05) is 38.5 Å². The Labute approximate surface area is 161 Å². The molecule has 2 saturated heterocycles. The number of nitrogens with one attached hydrogen (secondary N) is 2. The Hall–Kier alpha value is -1.79. The number of amides is 5. The zero-order chi connectivity index (χ0) is 18.8. The summed E-state index contributed by atoms with van der Waals surface area (Å²) in [7, 11) is 0. The molecule has 0 unspecified atom stereocenters. The molecule has 2 heterocycles. The summed E-state index contributed by atoms with van der Waals surface area (Å²) in [6.07, 6.45) is 12.2. The summed E-state index contributed by atoms with van der Waals surface area (Å²) in [5, 5.41) is 6.13. The number of piperidine rings is 1. The molecule has 2 aliphatic carbocycles. The zero-order valence-corrected chi connectivity index (χ0v) is 16.1. The molecule has 27 heavy (non-hydrogen) atoms. The normalized spacial score (nSPS) is 30.4. The lowest BCUT2D eigenvalue weighted by molar-refractivity contribution is -0.130. The molecule has 4 rings (SSSR count). The van der Waals surface area contributed by atoms with Crippen molar-refractivity contribution >= 4 is 18.0 Å². The Balaban J connectivity index is 1.32. The van der Waals surface area contributed by atoms with Gasteiger partial charge in [0.25, 0.3) is 5.91 Å². The van der Waals surface area contributed by atoms with E-state index in [0.717, 1.165) is 38.5 Å². The number of fused-ring (bicyclic) bond motifs is 1. The van der Waals surface area contributed by atoms with E-state index in [2.05, 4.69) is 10.6 Å². The van der Waals surface area contributed by atoms with E-state index in [-0.39, 0.29) is 36.1 Å². The van der Waals surface area contributed by atoms with Crippen molar-refractivity contribution in [1.82, 2.24) is 20.4 Å². The summed E-state index contributed by atoms with van der Waals surface area (Å²) in [5.41, 5.74) is 0. The van der Waals surface area contributed by atoms with E-state index in [1.807, 2.05) is 0 Å². The first-order chi connectivity index (χ1) is 13.1. The summed E-state index contributed by atoms with van der Waals surface area (Å²) in [5.74, 6) is -0.0499. The summed E-state index contributed by atoms with van der Waals surface area (Å²) in [6, 6.07) is -0.324. The predicted octanol–water partition coefficient (Wildman–Crippen LogP) is 2.75. The maximum atomic E-state index is 12.9. The van der Waals surface area contributed by atoms with Crippen molar-refractivity contribution in [2.24, 2.45) is 0 Å². The van der Waals surface area contributed by atoms with E-state index < -0.39 is 6.04 Å². The third kappa shape index (κ3) is 3.92. The molecule has 0 bridgehead atoms. The predicted molar refractivity (Wildman–Crippen MR) is 101 cm³/mol. The van der Waals surface area contributed by atoms with Crippen molar-refractivity contribution in [1.29, 1.82) is 0 Å². The van der Waals surface area contributed by atoms with Crippen LogP contribution >= 0.6 is 0 Å². The molecule has 7 nitrogen and oxygen atoms in total. The number of carbonyl (C=O) groups excluding carboxylic acids is 3. The van der Waals surface area contributed by atoms with Gasteiger partial charge in [-0.25, -0.2) is 9.59 Å². The van der Waals surface area contributed by atoms with Crippen LogP contribution in [0.2, 0.25) is 0 Å². The monoisotopic (exact) mass is 376 g/mol. The van der Waals surface area contributed by atoms with E-state index in [9.17, 15) is 14.4 Å². The number of imide groups is 1. The number of hydrogen-bond acceptors (Lipinski definition) is 3. The Morgan fingerprint density at radius 3 is 2.15 bits per heavy atom. The second-order valence-corrected chi connectivity index (χ2v) is 8.67. The summed E-state index contributed by atoms with van der Waals surface area (Å²) in [4.78, 5) is 41.3. The van der Waals surface area contributed by atoms with Crippen molar-refractivity contribution < 1.29 is 14.4 Å². The summed E-state index contributed by atoms with van der Waals surface area (Å²) < 4.78 is 0.